The van der Waals surface area contributed by atoms with Crippen LogP contribution in [-0.2, 0) is 9.59 Å². The summed E-state index contributed by atoms with van der Waals surface area (Å²) >= 11 is 0. The minimum Gasteiger partial charge on any atom is -0.295 e. The van der Waals surface area contributed by atoms with Crippen molar-refractivity contribution < 1.29 is 23.6 Å². The van der Waals surface area contributed by atoms with Crippen molar-refractivity contribution in [3.63, 3.8) is 0 Å². The molecule has 3 rings (SSSR count). The molecule has 0 aromatic heterocycles. The molecule has 1 N–H and O–H groups in total. The van der Waals surface area contributed by atoms with E-state index < -0.39 is 35.5 Å². The van der Waals surface area contributed by atoms with E-state index in [0.29, 0.717) is 4.90 Å². The molecule has 2 aliphatic rings. The van der Waals surface area contributed by atoms with Crippen LogP contribution in [0.25, 0.3) is 0 Å². The van der Waals surface area contributed by atoms with E-state index in [0.717, 1.165) is 6.07 Å². The number of fused-ring (bicyclic) bond motifs is 1. The molecule has 0 saturated carbocycles. The van der Waals surface area contributed by atoms with E-state index in [1.165, 1.54) is 12.1 Å². The highest BCUT2D eigenvalue weighted by Gasteiger charge is 2.47. The molecule has 1 atom stereocenters. The molecule has 1 aromatic rings. The van der Waals surface area contributed by atoms with E-state index in [9.17, 15) is 23.6 Å². The number of rotatable bonds is 1. The summed E-state index contributed by atoms with van der Waals surface area (Å²) in [5.41, 5.74) is -0.434. The Morgan fingerprint density at radius 2 is 1.89 bits per heavy atom. The molecule has 4 amide bonds. The number of imide groups is 2. The maximum Gasteiger partial charge on any atom is 0.265 e. The molecule has 6 nitrogen and oxygen atoms in total. The lowest BCUT2D eigenvalue weighted by atomic mass is 10.1. The monoisotopic (exact) mass is 262 g/mol. The lowest BCUT2D eigenvalue weighted by molar-refractivity contribution is -0.125. The molecule has 0 aliphatic carbocycles. The summed E-state index contributed by atoms with van der Waals surface area (Å²) < 4.78 is 13.6. The Labute approximate surface area is 106 Å². The Morgan fingerprint density at radius 3 is 2.47 bits per heavy atom. The van der Waals surface area contributed by atoms with Gasteiger partial charge in [0.1, 0.15) is 11.9 Å². The van der Waals surface area contributed by atoms with Gasteiger partial charge in [-0.1, -0.05) is 6.07 Å². The van der Waals surface area contributed by atoms with Crippen molar-refractivity contribution in [1.29, 1.82) is 0 Å². The molecular formula is C12H7FN2O4. The fourth-order valence-electron chi connectivity index (χ4n) is 2.29. The molecule has 0 radical (unpaired) electrons. The van der Waals surface area contributed by atoms with Crippen LogP contribution >= 0.6 is 0 Å². The van der Waals surface area contributed by atoms with Crippen molar-refractivity contribution in [3.05, 3.63) is 35.1 Å². The second kappa shape index (κ2) is 3.71. The number of nitrogens with one attached hydrogen (secondary N) is 1. The lowest BCUT2D eigenvalue weighted by Gasteiger charge is -2.18. The van der Waals surface area contributed by atoms with Crippen LogP contribution in [0.4, 0.5) is 4.39 Å². The van der Waals surface area contributed by atoms with Crippen LogP contribution < -0.4 is 5.32 Å². The molecule has 0 bridgehead atoms. The van der Waals surface area contributed by atoms with Crippen LogP contribution in [0.5, 0.6) is 0 Å². The quantitative estimate of drug-likeness (QED) is 0.713. The van der Waals surface area contributed by atoms with E-state index in [4.69, 9.17) is 0 Å². The highest BCUT2D eigenvalue weighted by molar-refractivity contribution is 6.24. The number of carbonyl (C=O) groups is 4. The van der Waals surface area contributed by atoms with Crippen LogP contribution in [0.2, 0.25) is 0 Å². The third-order valence-electron chi connectivity index (χ3n) is 3.15. The summed E-state index contributed by atoms with van der Waals surface area (Å²) in [5.74, 6) is -3.74. The molecule has 2 aliphatic heterocycles. The maximum atomic E-state index is 13.6. The Balaban J connectivity index is 2.06. The highest BCUT2D eigenvalue weighted by Crippen LogP contribution is 2.28. The van der Waals surface area contributed by atoms with Crippen LogP contribution in [0.3, 0.4) is 0 Å². The summed E-state index contributed by atoms with van der Waals surface area (Å²) in [4.78, 5) is 47.4. The summed E-state index contributed by atoms with van der Waals surface area (Å²) in [6, 6.07) is 2.49. The number of halogens is 1. The molecule has 7 heteroatoms. The molecule has 2 heterocycles. The summed E-state index contributed by atoms with van der Waals surface area (Å²) in [6.07, 6.45) is -0.286. The summed E-state index contributed by atoms with van der Waals surface area (Å²) in [5, 5.41) is 2.01. The van der Waals surface area contributed by atoms with Gasteiger partial charge in [0, 0.05) is 0 Å². The largest absolute Gasteiger partial charge is 0.295 e. The maximum absolute atomic E-state index is 13.6. The van der Waals surface area contributed by atoms with Crippen LogP contribution in [0.15, 0.2) is 18.2 Å². The van der Waals surface area contributed by atoms with Gasteiger partial charge in [0.2, 0.25) is 11.8 Å². The fourth-order valence-corrected chi connectivity index (χ4v) is 2.29. The predicted molar refractivity (Wildman–Crippen MR) is 58.5 cm³/mol. The minimum absolute atomic E-state index is 0.0860. The standard InChI is InChI=1S/C12H7FN2O4/c13-6-3-1-2-5-9(6)12(19)15(11(5)18)7-4-8(16)14-10(7)17/h1-3,7H,4H2,(H,14,16,17). The van der Waals surface area contributed by atoms with Crippen molar-refractivity contribution in [3.8, 4) is 0 Å². The zero-order valence-electron chi connectivity index (χ0n) is 9.47. The van der Waals surface area contributed by atoms with Gasteiger partial charge in [-0.15, -0.1) is 0 Å². The smallest absolute Gasteiger partial charge is 0.265 e. The third kappa shape index (κ3) is 1.48. The first-order valence-corrected chi connectivity index (χ1v) is 5.51. The van der Waals surface area contributed by atoms with Gasteiger partial charge in [-0.3, -0.25) is 29.4 Å². The summed E-state index contributed by atoms with van der Waals surface area (Å²) in [6.45, 7) is 0. The van der Waals surface area contributed by atoms with Gasteiger partial charge < -0.3 is 0 Å². The first-order valence-electron chi connectivity index (χ1n) is 5.51. The number of hydrogen-bond donors (Lipinski definition) is 1. The Morgan fingerprint density at radius 1 is 1.16 bits per heavy atom. The fraction of sp³-hybridized carbons (Fsp3) is 0.167. The molecule has 1 aromatic carbocycles. The van der Waals surface area contributed by atoms with E-state index >= 15 is 0 Å². The number of benzene rings is 1. The molecule has 1 unspecified atom stereocenters. The Hall–Kier alpha value is -2.57. The zero-order valence-corrected chi connectivity index (χ0v) is 9.47. The third-order valence-corrected chi connectivity index (χ3v) is 3.15. The normalized spacial score (nSPS) is 21.9. The molecule has 96 valence electrons. The zero-order chi connectivity index (χ0) is 13.7. The van der Waals surface area contributed by atoms with Gasteiger partial charge in [0.25, 0.3) is 11.8 Å². The molecular weight excluding hydrogens is 255 g/mol. The van der Waals surface area contributed by atoms with Crippen LogP contribution in [-0.4, -0.2) is 34.6 Å². The number of nitrogens with zero attached hydrogens (tertiary/aromatic N) is 1. The Bertz CT molecular complexity index is 655. The SMILES string of the molecule is O=C1CC(N2C(=O)c3cccc(F)c3C2=O)C(=O)N1. The van der Waals surface area contributed by atoms with Crippen LogP contribution in [0, 0.1) is 5.82 Å². The predicted octanol–water partition coefficient (Wildman–Crippen LogP) is -0.163. The van der Waals surface area contributed by atoms with Gasteiger partial charge in [-0.2, -0.15) is 0 Å². The van der Waals surface area contributed by atoms with Gasteiger partial charge in [-0.25, -0.2) is 4.39 Å². The number of amides is 4. The van der Waals surface area contributed by atoms with Crippen molar-refractivity contribution >= 4 is 23.6 Å². The molecule has 1 fully saturated rings. The van der Waals surface area contributed by atoms with Crippen molar-refractivity contribution in [2.75, 3.05) is 0 Å². The number of hydrogen-bond acceptors (Lipinski definition) is 4. The first kappa shape index (κ1) is 11.5. The molecule has 1 saturated heterocycles. The highest BCUT2D eigenvalue weighted by atomic mass is 19.1. The van der Waals surface area contributed by atoms with Crippen molar-refractivity contribution in [2.45, 2.75) is 12.5 Å². The summed E-state index contributed by atoms with van der Waals surface area (Å²) in [7, 11) is 0. The second-order valence-corrected chi connectivity index (χ2v) is 4.28. The second-order valence-electron chi connectivity index (χ2n) is 4.28. The van der Waals surface area contributed by atoms with Crippen molar-refractivity contribution in [1.82, 2.24) is 10.2 Å². The first-order chi connectivity index (χ1) is 9.00. The average molecular weight is 262 g/mol. The van der Waals surface area contributed by atoms with E-state index in [1.807, 2.05) is 5.32 Å². The van der Waals surface area contributed by atoms with Gasteiger partial charge in [-0.05, 0) is 12.1 Å². The minimum atomic E-state index is -1.20. The average Bonchev–Trinajstić information content (AvgIpc) is 2.79. The van der Waals surface area contributed by atoms with Gasteiger partial charge in [0.15, 0.2) is 0 Å². The molecule has 0 spiro atoms. The van der Waals surface area contributed by atoms with Gasteiger partial charge >= 0.3 is 0 Å². The van der Waals surface area contributed by atoms with E-state index in [2.05, 4.69) is 0 Å². The number of carbonyl (C=O) groups excluding carboxylic acids is 4. The van der Waals surface area contributed by atoms with Gasteiger partial charge in [0.05, 0.1) is 17.5 Å². The molecule has 19 heavy (non-hydrogen) atoms. The lowest BCUT2D eigenvalue weighted by Crippen LogP contribution is -2.44. The van der Waals surface area contributed by atoms with E-state index in [1.54, 1.807) is 0 Å². The van der Waals surface area contributed by atoms with E-state index in [-0.39, 0.29) is 17.5 Å². The van der Waals surface area contributed by atoms with Crippen molar-refractivity contribution in [2.24, 2.45) is 0 Å². The topological polar surface area (TPSA) is 83.6 Å². The van der Waals surface area contributed by atoms with Crippen LogP contribution in [0.1, 0.15) is 27.1 Å². The Kier molecular flexibility index (Phi) is 2.25.